The number of esters is 1. The summed E-state index contributed by atoms with van der Waals surface area (Å²) in [7, 11) is 0. The first kappa shape index (κ1) is 13.9. The second-order valence-electron chi connectivity index (χ2n) is 4.07. The van der Waals surface area contributed by atoms with Gasteiger partial charge in [-0.05, 0) is 19.1 Å². The van der Waals surface area contributed by atoms with Crippen molar-refractivity contribution in [1.29, 1.82) is 0 Å². The van der Waals surface area contributed by atoms with Crippen LogP contribution in [-0.4, -0.2) is 22.7 Å². The van der Waals surface area contributed by atoms with Crippen molar-refractivity contribution in [3.8, 4) is 0 Å². The van der Waals surface area contributed by atoms with E-state index in [1.807, 2.05) is 0 Å². The topological polar surface area (TPSA) is 103 Å². The molecule has 0 radical (unpaired) electrons. The van der Waals surface area contributed by atoms with E-state index in [1.54, 1.807) is 32.0 Å². The van der Waals surface area contributed by atoms with Gasteiger partial charge < -0.3 is 20.3 Å². The van der Waals surface area contributed by atoms with E-state index in [0.29, 0.717) is 41.8 Å². The fourth-order valence-electron chi connectivity index (χ4n) is 1.73. The zero-order chi connectivity index (χ0) is 14.5. The molecule has 0 aliphatic carbocycles. The van der Waals surface area contributed by atoms with Gasteiger partial charge in [0.15, 0.2) is 5.82 Å². The van der Waals surface area contributed by atoms with Crippen LogP contribution in [0.4, 0.5) is 11.4 Å². The molecule has 1 heterocycles. The highest BCUT2D eigenvalue weighted by atomic mass is 16.5. The molecule has 20 heavy (non-hydrogen) atoms. The lowest BCUT2D eigenvalue weighted by molar-refractivity contribution is 0.0527. The minimum Gasteiger partial charge on any atom is -0.462 e. The lowest BCUT2D eigenvalue weighted by Crippen LogP contribution is -2.12. The maximum atomic E-state index is 11.9. The number of para-hydroxylation sites is 1. The number of rotatable bonds is 5. The Bertz CT molecular complexity index is 609. The van der Waals surface area contributed by atoms with Crippen molar-refractivity contribution < 1.29 is 14.1 Å². The van der Waals surface area contributed by atoms with Crippen molar-refractivity contribution in [2.75, 3.05) is 17.7 Å². The van der Waals surface area contributed by atoms with Gasteiger partial charge in [-0.3, -0.25) is 0 Å². The van der Waals surface area contributed by atoms with E-state index in [4.69, 9.17) is 15.0 Å². The molecule has 2 rings (SSSR count). The Labute approximate surface area is 116 Å². The summed E-state index contributed by atoms with van der Waals surface area (Å²) >= 11 is 0. The number of nitrogens with two attached hydrogens (primary N) is 1. The van der Waals surface area contributed by atoms with Crippen molar-refractivity contribution >= 4 is 17.3 Å². The van der Waals surface area contributed by atoms with Crippen molar-refractivity contribution in [2.24, 2.45) is 0 Å². The molecular weight excluding hydrogens is 260 g/mol. The summed E-state index contributed by atoms with van der Waals surface area (Å²) in [5.41, 5.74) is 7.23. The van der Waals surface area contributed by atoms with Crippen LogP contribution in [0.1, 0.15) is 29.0 Å². The lowest BCUT2D eigenvalue weighted by atomic mass is 10.1. The van der Waals surface area contributed by atoms with Gasteiger partial charge in [0.2, 0.25) is 5.89 Å². The number of benzene rings is 1. The zero-order valence-electron chi connectivity index (χ0n) is 11.3. The molecular formula is C13H16N4O3. The van der Waals surface area contributed by atoms with Gasteiger partial charge in [-0.2, -0.15) is 4.98 Å². The fourth-order valence-corrected chi connectivity index (χ4v) is 1.73. The van der Waals surface area contributed by atoms with Crippen molar-refractivity contribution in [3.05, 3.63) is 35.5 Å². The minimum atomic E-state index is -0.424. The highest BCUT2D eigenvalue weighted by Crippen LogP contribution is 2.24. The predicted molar refractivity (Wildman–Crippen MR) is 73.2 cm³/mol. The molecule has 0 unspecified atom stereocenters. The van der Waals surface area contributed by atoms with Gasteiger partial charge in [0.1, 0.15) is 0 Å². The Balaban J connectivity index is 2.19. The zero-order valence-corrected chi connectivity index (χ0v) is 11.3. The monoisotopic (exact) mass is 276 g/mol. The number of carbonyl (C=O) groups excluding carboxylic acids is 1. The van der Waals surface area contributed by atoms with E-state index in [-0.39, 0.29) is 0 Å². The first-order valence-electron chi connectivity index (χ1n) is 6.20. The minimum absolute atomic E-state index is 0.303. The number of nitrogens with one attached hydrogen (secondary N) is 1. The van der Waals surface area contributed by atoms with E-state index in [9.17, 15) is 4.79 Å². The highest BCUT2D eigenvalue weighted by Gasteiger charge is 2.15. The summed E-state index contributed by atoms with van der Waals surface area (Å²) in [5.74, 6) is 0.542. The van der Waals surface area contributed by atoms with Gasteiger partial charge in [0.25, 0.3) is 0 Å². The number of ether oxygens (including phenoxy) is 1. The maximum Gasteiger partial charge on any atom is 0.340 e. The predicted octanol–water partition coefficient (Wildman–Crippen LogP) is 1.75. The number of hydrogen-bond donors (Lipinski definition) is 2. The number of aromatic nitrogens is 2. The molecule has 0 aliphatic rings. The Hall–Kier alpha value is -2.57. The number of anilines is 2. The van der Waals surface area contributed by atoms with Gasteiger partial charge >= 0.3 is 5.97 Å². The molecule has 1 aromatic heterocycles. The summed E-state index contributed by atoms with van der Waals surface area (Å²) in [5, 5.41) is 6.81. The van der Waals surface area contributed by atoms with Crippen LogP contribution in [0.15, 0.2) is 22.7 Å². The average molecular weight is 276 g/mol. The van der Waals surface area contributed by atoms with Crippen LogP contribution in [-0.2, 0) is 11.3 Å². The Kier molecular flexibility index (Phi) is 4.19. The first-order valence-corrected chi connectivity index (χ1v) is 6.20. The van der Waals surface area contributed by atoms with Crippen LogP contribution in [0.25, 0.3) is 0 Å². The number of carbonyl (C=O) groups is 1. The van der Waals surface area contributed by atoms with E-state index in [0.717, 1.165) is 0 Å². The second kappa shape index (κ2) is 6.05. The molecule has 0 aliphatic heterocycles. The van der Waals surface area contributed by atoms with E-state index in [2.05, 4.69) is 15.5 Å². The summed E-state index contributed by atoms with van der Waals surface area (Å²) in [6.07, 6.45) is 0. The molecule has 7 nitrogen and oxygen atoms in total. The fraction of sp³-hybridized carbons (Fsp3) is 0.308. The largest absolute Gasteiger partial charge is 0.462 e. The Morgan fingerprint density at radius 2 is 2.30 bits per heavy atom. The van der Waals surface area contributed by atoms with Gasteiger partial charge in [0, 0.05) is 6.92 Å². The van der Waals surface area contributed by atoms with E-state index >= 15 is 0 Å². The highest BCUT2D eigenvalue weighted by molar-refractivity contribution is 5.98. The van der Waals surface area contributed by atoms with Crippen LogP contribution >= 0.6 is 0 Å². The molecule has 1 aromatic carbocycles. The second-order valence-corrected chi connectivity index (χ2v) is 4.07. The molecule has 0 bridgehead atoms. The molecule has 0 atom stereocenters. The SMILES string of the molecule is CCOC(=O)c1cccc(N)c1NCc1noc(C)n1. The molecule has 106 valence electrons. The molecule has 0 fully saturated rings. The van der Waals surface area contributed by atoms with Crippen LogP contribution in [0.5, 0.6) is 0 Å². The van der Waals surface area contributed by atoms with Gasteiger partial charge in [-0.25, -0.2) is 4.79 Å². The molecule has 2 aromatic rings. The molecule has 0 saturated heterocycles. The molecule has 0 saturated carbocycles. The van der Waals surface area contributed by atoms with Gasteiger partial charge in [0.05, 0.1) is 30.1 Å². The summed E-state index contributed by atoms with van der Waals surface area (Å²) in [4.78, 5) is 15.9. The number of hydrogen-bond acceptors (Lipinski definition) is 7. The smallest absolute Gasteiger partial charge is 0.340 e. The normalized spacial score (nSPS) is 10.3. The summed E-state index contributed by atoms with van der Waals surface area (Å²) in [6.45, 7) is 4.06. The number of nitrogen functional groups attached to an aromatic ring is 1. The first-order chi connectivity index (χ1) is 9.61. The molecule has 0 amide bonds. The standard InChI is InChI=1S/C13H16N4O3/c1-3-19-13(18)9-5-4-6-10(14)12(9)15-7-11-16-8(2)20-17-11/h4-6,15H,3,7,14H2,1-2H3. The Morgan fingerprint density at radius 1 is 1.50 bits per heavy atom. The van der Waals surface area contributed by atoms with Crippen LogP contribution < -0.4 is 11.1 Å². The molecule has 7 heteroatoms. The van der Waals surface area contributed by atoms with Gasteiger partial charge in [-0.15, -0.1) is 0 Å². The third kappa shape index (κ3) is 3.05. The van der Waals surface area contributed by atoms with Crippen LogP contribution in [0, 0.1) is 6.92 Å². The quantitative estimate of drug-likeness (QED) is 0.633. The lowest BCUT2D eigenvalue weighted by Gasteiger charge is -2.12. The van der Waals surface area contributed by atoms with Crippen LogP contribution in [0.3, 0.4) is 0 Å². The van der Waals surface area contributed by atoms with Crippen molar-refractivity contribution in [1.82, 2.24) is 10.1 Å². The average Bonchev–Trinajstić information content (AvgIpc) is 2.83. The number of aryl methyl sites for hydroxylation is 1. The van der Waals surface area contributed by atoms with Gasteiger partial charge in [-0.1, -0.05) is 11.2 Å². The third-order valence-electron chi connectivity index (χ3n) is 2.58. The molecule has 0 spiro atoms. The Morgan fingerprint density at radius 3 is 2.95 bits per heavy atom. The van der Waals surface area contributed by atoms with Crippen molar-refractivity contribution in [3.63, 3.8) is 0 Å². The summed E-state index contributed by atoms with van der Waals surface area (Å²) in [6, 6.07) is 5.05. The molecule has 3 N–H and O–H groups in total. The van der Waals surface area contributed by atoms with E-state index < -0.39 is 5.97 Å². The summed E-state index contributed by atoms with van der Waals surface area (Å²) < 4.78 is 9.87. The number of nitrogens with zero attached hydrogens (tertiary/aromatic N) is 2. The van der Waals surface area contributed by atoms with E-state index in [1.165, 1.54) is 0 Å². The maximum absolute atomic E-state index is 11.9. The van der Waals surface area contributed by atoms with Crippen molar-refractivity contribution in [2.45, 2.75) is 20.4 Å². The third-order valence-corrected chi connectivity index (χ3v) is 2.58. The van der Waals surface area contributed by atoms with Crippen LogP contribution in [0.2, 0.25) is 0 Å².